The smallest absolute Gasteiger partial charge is 0.250 e. The van der Waals surface area contributed by atoms with E-state index in [0.717, 1.165) is 0 Å². The van der Waals surface area contributed by atoms with Gasteiger partial charge < -0.3 is 14.2 Å². The number of hydrogen-bond donors (Lipinski definition) is 1. The minimum Gasteiger partial charge on any atom is -0.376 e. The van der Waals surface area contributed by atoms with Gasteiger partial charge in [-0.3, -0.25) is 0 Å². The van der Waals surface area contributed by atoms with Gasteiger partial charge in [0, 0.05) is 7.11 Å². The van der Waals surface area contributed by atoms with Crippen LogP contribution in [0.1, 0.15) is 0 Å². The monoisotopic (exact) mass is 305 g/mol. The van der Waals surface area contributed by atoms with Gasteiger partial charge in [0.05, 0.1) is 19.3 Å². The third-order valence-electron chi connectivity index (χ3n) is 3.38. The number of nitrogens with one attached hydrogen (secondary N) is 1. The van der Waals surface area contributed by atoms with Crippen molar-refractivity contribution in [3.05, 3.63) is 17.5 Å². The van der Waals surface area contributed by atoms with Crippen LogP contribution in [0.15, 0.2) is 21.7 Å². The first-order chi connectivity index (χ1) is 9.12. The van der Waals surface area contributed by atoms with E-state index in [9.17, 15) is 8.42 Å². The normalized spacial score (nSPS) is 34.6. The average molecular weight is 305 g/mol. The van der Waals surface area contributed by atoms with Crippen LogP contribution < -0.4 is 4.72 Å². The topological polar surface area (TPSA) is 73.9 Å². The summed E-state index contributed by atoms with van der Waals surface area (Å²) in [5.74, 6) is 0. The molecule has 0 bridgehead atoms. The Kier molecular flexibility index (Phi) is 3.63. The summed E-state index contributed by atoms with van der Waals surface area (Å²) in [6, 6.07) is 2.92. The number of rotatable bonds is 4. The molecule has 0 amide bonds. The maximum Gasteiger partial charge on any atom is 0.250 e. The predicted molar refractivity (Wildman–Crippen MR) is 68.7 cm³/mol. The molecule has 2 saturated heterocycles. The van der Waals surface area contributed by atoms with E-state index in [1.165, 1.54) is 11.3 Å². The van der Waals surface area contributed by atoms with Crippen molar-refractivity contribution in [2.24, 2.45) is 0 Å². The fourth-order valence-electron chi connectivity index (χ4n) is 2.44. The second kappa shape index (κ2) is 5.12. The summed E-state index contributed by atoms with van der Waals surface area (Å²) >= 11 is 1.19. The van der Waals surface area contributed by atoms with Gasteiger partial charge in [0.25, 0.3) is 0 Å². The maximum atomic E-state index is 12.1. The highest BCUT2D eigenvalue weighted by Crippen LogP contribution is 2.29. The summed E-state index contributed by atoms with van der Waals surface area (Å²) in [5, 5.41) is 1.73. The number of fused-ring (bicyclic) bond motifs is 1. The molecule has 0 aliphatic carbocycles. The minimum absolute atomic E-state index is 0.124. The van der Waals surface area contributed by atoms with E-state index in [1.807, 2.05) is 0 Å². The highest BCUT2D eigenvalue weighted by molar-refractivity contribution is 7.91. The molecule has 0 aromatic carbocycles. The van der Waals surface area contributed by atoms with Gasteiger partial charge in [-0.1, -0.05) is 6.07 Å². The van der Waals surface area contributed by atoms with Crippen LogP contribution in [0.3, 0.4) is 0 Å². The second-order valence-electron chi connectivity index (χ2n) is 4.53. The van der Waals surface area contributed by atoms with Crippen LogP contribution in [0.5, 0.6) is 0 Å². The Bertz CT molecular complexity index is 529. The van der Waals surface area contributed by atoms with E-state index in [4.69, 9.17) is 14.2 Å². The Morgan fingerprint density at radius 3 is 2.84 bits per heavy atom. The summed E-state index contributed by atoms with van der Waals surface area (Å²) in [6.45, 7) is 0.739. The van der Waals surface area contributed by atoms with Crippen molar-refractivity contribution in [3.63, 3.8) is 0 Å². The van der Waals surface area contributed by atoms with Crippen molar-refractivity contribution in [2.45, 2.75) is 28.6 Å². The minimum atomic E-state index is -3.50. The van der Waals surface area contributed by atoms with Gasteiger partial charge in [0.1, 0.15) is 22.5 Å². The van der Waals surface area contributed by atoms with E-state index in [2.05, 4.69) is 4.72 Å². The predicted octanol–water partition coefficient (Wildman–Crippen LogP) is 0.208. The highest BCUT2D eigenvalue weighted by atomic mass is 32.2. The van der Waals surface area contributed by atoms with Crippen LogP contribution >= 0.6 is 11.3 Å². The standard InChI is InChI=1S/C11H15NO5S2/c1-15-8-6-17-10-7(5-16-11(8)10)12-19(13,14)9-3-2-4-18-9/h2-4,7-8,10-12H,5-6H2,1H3/t7-,8-,10-,11+/m0/s1. The van der Waals surface area contributed by atoms with Crippen LogP contribution in [-0.2, 0) is 24.2 Å². The molecule has 2 aliphatic rings. The molecule has 3 heterocycles. The lowest BCUT2D eigenvalue weighted by molar-refractivity contribution is -0.00795. The Hall–Kier alpha value is -0.510. The zero-order valence-corrected chi connectivity index (χ0v) is 11.9. The van der Waals surface area contributed by atoms with E-state index in [-0.39, 0.29) is 24.4 Å². The molecule has 1 aromatic rings. The molecule has 1 N–H and O–H groups in total. The summed E-state index contributed by atoms with van der Waals surface area (Å²) in [5.41, 5.74) is 0. The van der Waals surface area contributed by atoms with E-state index < -0.39 is 10.0 Å². The van der Waals surface area contributed by atoms with Crippen LogP contribution in [0.4, 0.5) is 0 Å². The van der Waals surface area contributed by atoms with Gasteiger partial charge in [-0.05, 0) is 11.4 Å². The highest BCUT2D eigenvalue weighted by Gasteiger charge is 2.49. The van der Waals surface area contributed by atoms with Gasteiger partial charge >= 0.3 is 0 Å². The molecule has 4 atom stereocenters. The Balaban J connectivity index is 1.72. The summed E-state index contributed by atoms with van der Waals surface area (Å²) in [6.07, 6.45) is -0.595. The van der Waals surface area contributed by atoms with Crippen LogP contribution in [-0.4, -0.2) is 53.1 Å². The fourth-order valence-corrected chi connectivity index (χ4v) is 4.68. The molecule has 8 heteroatoms. The number of hydrogen-bond acceptors (Lipinski definition) is 6. The van der Waals surface area contributed by atoms with Crippen LogP contribution in [0, 0.1) is 0 Å². The van der Waals surface area contributed by atoms with Gasteiger partial charge in [0.2, 0.25) is 10.0 Å². The van der Waals surface area contributed by atoms with Gasteiger partial charge in [-0.2, -0.15) is 0 Å². The maximum absolute atomic E-state index is 12.1. The van der Waals surface area contributed by atoms with E-state index in [0.29, 0.717) is 17.4 Å². The Morgan fingerprint density at radius 2 is 2.16 bits per heavy atom. The molecule has 19 heavy (non-hydrogen) atoms. The first kappa shape index (κ1) is 13.5. The third-order valence-corrected chi connectivity index (χ3v) is 6.26. The average Bonchev–Trinajstić information content (AvgIpc) is 3.05. The van der Waals surface area contributed by atoms with Crippen LogP contribution in [0.25, 0.3) is 0 Å². The van der Waals surface area contributed by atoms with Crippen molar-refractivity contribution < 1.29 is 22.6 Å². The summed E-state index contributed by atoms with van der Waals surface area (Å²) in [4.78, 5) is 0. The lowest BCUT2D eigenvalue weighted by Crippen LogP contribution is -2.44. The van der Waals surface area contributed by atoms with Crippen molar-refractivity contribution in [1.82, 2.24) is 4.72 Å². The quantitative estimate of drug-likeness (QED) is 0.861. The number of ether oxygens (including phenoxy) is 3. The number of thiophene rings is 1. The van der Waals surface area contributed by atoms with E-state index in [1.54, 1.807) is 24.6 Å². The molecular weight excluding hydrogens is 290 g/mol. The van der Waals surface area contributed by atoms with Crippen molar-refractivity contribution in [3.8, 4) is 0 Å². The first-order valence-electron chi connectivity index (χ1n) is 5.93. The molecule has 106 valence electrons. The number of sulfonamides is 1. The zero-order valence-electron chi connectivity index (χ0n) is 10.3. The SMILES string of the molecule is CO[C@H]1CO[C@@H]2[C@@H]1OC[C@@H]2NS(=O)(=O)c1cccs1. The lowest BCUT2D eigenvalue weighted by Gasteiger charge is -2.17. The second-order valence-corrected chi connectivity index (χ2v) is 7.42. The molecule has 0 radical (unpaired) electrons. The molecule has 3 rings (SSSR count). The van der Waals surface area contributed by atoms with Crippen molar-refractivity contribution >= 4 is 21.4 Å². The zero-order chi connectivity index (χ0) is 13.5. The molecule has 0 spiro atoms. The molecule has 2 fully saturated rings. The largest absolute Gasteiger partial charge is 0.376 e. The summed E-state index contributed by atoms with van der Waals surface area (Å²) < 4.78 is 43.7. The molecule has 0 unspecified atom stereocenters. The lowest BCUT2D eigenvalue weighted by atomic mass is 10.1. The van der Waals surface area contributed by atoms with E-state index >= 15 is 0 Å². The summed E-state index contributed by atoms with van der Waals surface area (Å²) in [7, 11) is -1.90. The van der Waals surface area contributed by atoms with Gasteiger partial charge in [-0.15, -0.1) is 11.3 Å². The molecule has 1 aromatic heterocycles. The van der Waals surface area contributed by atoms with Crippen molar-refractivity contribution in [2.75, 3.05) is 20.3 Å². The van der Waals surface area contributed by atoms with Crippen molar-refractivity contribution in [1.29, 1.82) is 0 Å². The molecule has 6 nitrogen and oxygen atoms in total. The molecule has 0 saturated carbocycles. The molecular formula is C11H15NO5S2. The fraction of sp³-hybridized carbons (Fsp3) is 0.636. The van der Waals surface area contributed by atoms with Gasteiger partial charge in [0.15, 0.2) is 0 Å². The Labute approximate surface area is 115 Å². The molecule has 2 aliphatic heterocycles. The van der Waals surface area contributed by atoms with Gasteiger partial charge in [-0.25, -0.2) is 13.1 Å². The number of methoxy groups -OCH3 is 1. The first-order valence-corrected chi connectivity index (χ1v) is 8.30. The third kappa shape index (κ3) is 2.44. The van der Waals surface area contributed by atoms with Crippen LogP contribution in [0.2, 0.25) is 0 Å². The Morgan fingerprint density at radius 1 is 1.37 bits per heavy atom.